The standard InChI is InChI=1S/C14H29N3O/c1-4-14(8-6-7-9-14)12-17-13(15-5-2)16-10-11-18-3/h4-12H2,1-3H3,(H2,15,16,17). The summed E-state index contributed by atoms with van der Waals surface area (Å²) >= 11 is 0. The molecule has 1 fully saturated rings. The number of rotatable bonds is 7. The zero-order valence-electron chi connectivity index (χ0n) is 12.2. The van der Waals surface area contributed by atoms with Gasteiger partial charge in [0.1, 0.15) is 0 Å². The molecule has 0 bridgehead atoms. The molecule has 2 N–H and O–H groups in total. The molecule has 0 atom stereocenters. The predicted octanol–water partition coefficient (Wildman–Crippen LogP) is 2.16. The van der Waals surface area contributed by atoms with Crippen molar-refractivity contribution in [3.63, 3.8) is 0 Å². The van der Waals surface area contributed by atoms with Gasteiger partial charge in [0, 0.05) is 26.7 Å². The quantitative estimate of drug-likeness (QED) is 0.416. The van der Waals surface area contributed by atoms with Crippen LogP contribution in [-0.4, -0.2) is 39.3 Å². The number of hydrogen-bond acceptors (Lipinski definition) is 2. The van der Waals surface area contributed by atoms with Gasteiger partial charge in [0.15, 0.2) is 5.96 Å². The summed E-state index contributed by atoms with van der Waals surface area (Å²) in [5.41, 5.74) is 0.462. The van der Waals surface area contributed by atoms with Crippen LogP contribution in [0.1, 0.15) is 46.0 Å². The molecule has 0 aromatic heterocycles. The van der Waals surface area contributed by atoms with Gasteiger partial charge < -0.3 is 15.4 Å². The van der Waals surface area contributed by atoms with Crippen molar-refractivity contribution in [1.82, 2.24) is 10.6 Å². The molecule has 106 valence electrons. The fourth-order valence-electron chi connectivity index (χ4n) is 2.61. The molecule has 0 amide bonds. The zero-order valence-corrected chi connectivity index (χ0v) is 12.2. The van der Waals surface area contributed by atoms with Crippen molar-refractivity contribution in [3.8, 4) is 0 Å². The van der Waals surface area contributed by atoms with Crippen LogP contribution in [0, 0.1) is 5.41 Å². The van der Waals surface area contributed by atoms with Crippen molar-refractivity contribution >= 4 is 5.96 Å². The summed E-state index contributed by atoms with van der Waals surface area (Å²) < 4.78 is 5.04. The second kappa shape index (κ2) is 8.35. The van der Waals surface area contributed by atoms with Gasteiger partial charge in [-0.2, -0.15) is 0 Å². The van der Waals surface area contributed by atoms with E-state index in [2.05, 4.69) is 24.5 Å². The smallest absolute Gasteiger partial charge is 0.191 e. The van der Waals surface area contributed by atoms with Crippen LogP contribution in [0.4, 0.5) is 0 Å². The van der Waals surface area contributed by atoms with Crippen molar-refractivity contribution in [2.45, 2.75) is 46.0 Å². The molecule has 0 aromatic rings. The van der Waals surface area contributed by atoms with Gasteiger partial charge in [-0.3, -0.25) is 4.99 Å². The summed E-state index contributed by atoms with van der Waals surface area (Å²) in [6.45, 7) is 7.76. The lowest BCUT2D eigenvalue weighted by atomic mass is 9.84. The van der Waals surface area contributed by atoms with Gasteiger partial charge in [0.2, 0.25) is 0 Å². The summed E-state index contributed by atoms with van der Waals surface area (Å²) in [5.74, 6) is 0.925. The van der Waals surface area contributed by atoms with Crippen molar-refractivity contribution in [2.75, 3.05) is 33.4 Å². The van der Waals surface area contributed by atoms with Crippen LogP contribution in [0.3, 0.4) is 0 Å². The highest BCUT2D eigenvalue weighted by atomic mass is 16.5. The van der Waals surface area contributed by atoms with E-state index in [4.69, 9.17) is 9.73 Å². The van der Waals surface area contributed by atoms with E-state index < -0.39 is 0 Å². The summed E-state index contributed by atoms with van der Waals surface area (Å²) in [5, 5.41) is 6.59. The first-order valence-electron chi connectivity index (χ1n) is 7.27. The third kappa shape index (κ3) is 4.84. The van der Waals surface area contributed by atoms with Gasteiger partial charge in [0.05, 0.1) is 6.61 Å². The second-order valence-corrected chi connectivity index (χ2v) is 5.18. The second-order valence-electron chi connectivity index (χ2n) is 5.18. The molecular weight excluding hydrogens is 226 g/mol. The maximum absolute atomic E-state index is 5.04. The van der Waals surface area contributed by atoms with Crippen LogP contribution < -0.4 is 10.6 Å². The SMILES string of the molecule is CCNC(=NCC1(CC)CCCC1)NCCOC. The van der Waals surface area contributed by atoms with Crippen LogP contribution in [0.5, 0.6) is 0 Å². The van der Waals surface area contributed by atoms with E-state index in [0.29, 0.717) is 12.0 Å². The molecule has 0 aliphatic heterocycles. The number of methoxy groups -OCH3 is 1. The third-order valence-electron chi connectivity index (χ3n) is 3.93. The molecule has 1 aliphatic carbocycles. The Kier molecular flexibility index (Phi) is 7.09. The first kappa shape index (κ1) is 15.3. The Morgan fingerprint density at radius 3 is 2.50 bits per heavy atom. The van der Waals surface area contributed by atoms with Crippen LogP contribution >= 0.6 is 0 Å². The fraction of sp³-hybridized carbons (Fsp3) is 0.929. The van der Waals surface area contributed by atoms with Crippen molar-refractivity contribution in [3.05, 3.63) is 0 Å². The number of ether oxygens (including phenoxy) is 1. The minimum Gasteiger partial charge on any atom is -0.383 e. The van der Waals surface area contributed by atoms with Crippen LogP contribution in [0.2, 0.25) is 0 Å². The van der Waals surface area contributed by atoms with Crippen LogP contribution in [0.15, 0.2) is 4.99 Å². The third-order valence-corrected chi connectivity index (χ3v) is 3.93. The fourth-order valence-corrected chi connectivity index (χ4v) is 2.61. The molecule has 0 aromatic carbocycles. The molecule has 0 unspecified atom stereocenters. The largest absolute Gasteiger partial charge is 0.383 e. The number of aliphatic imine (C=N–C) groups is 1. The first-order chi connectivity index (χ1) is 8.76. The maximum atomic E-state index is 5.04. The van der Waals surface area contributed by atoms with Crippen LogP contribution in [-0.2, 0) is 4.74 Å². The van der Waals surface area contributed by atoms with E-state index >= 15 is 0 Å². The zero-order chi connectivity index (χ0) is 13.3. The Bertz CT molecular complexity index is 247. The number of guanidine groups is 1. The Balaban J connectivity index is 2.47. The van der Waals surface area contributed by atoms with E-state index in [1.165, 1.54) is 32.1 Å². The maximum Gasteiger partial charge on any atom is 0.191 e. The average molecular weight is 255 g/mol. The lowest BCUT2D eigenvalue weighted by Crippen LogP contribution is -2.39. The minimum atomic E-state index is 0.462. The molecule has 1 aliphatic rings. The summed E-state index contributed by atoms with van der Waals surface area (Å²) in [7, 11) is 1.72. The van der Waals surface area contributed by atoms with Crippen molar-refractivity contribution in [1.29, 1.82) is 0 Å². The van der Waals surface area contributed by atoms with Gasteiger partial charge >= 0.3 is 0 Å². The van der Waals surface area contributed by atoms with Gasteiger partial charge in [-0.1, -0.05) is 19.8 Å². The van der Waals surface area contributed by atoms with E-state index in [9.17, 15) is 0 Å². The number of hydrogen-bond donors (Lipinski definition) is 2. The molecule has 18 heavy (non-hydrogen) atoms. The van der Waals surface area contributed by atoms with Crippen LogP contribution in [0.25, 0.3) is 0 Å². The van der Waals surface area contributed by atoms with E-state index in [-0.39, 0.29) is 0 Å². The molecule has 1 rings (SSSR count). The highest BCUT2D eigenvalue weighted by molar-refractivity contribution is 5.79. The summed E-state index contributed by atoms with van der Waals surface area (Å²) in [4.78, 5) is 4.75. The summed E-state index contributed by atoms with van der Waals surface area (Å²) in [6.07, 6.45) is 6.66. The van der Waals surface area contributed by atoms with Crippen molar-refractivity contribution in [2.24, 2.45) is 10.4 Å². The van der Waals surface area contributed by atoms with Gasteiger partial charge in [0.25, 0.3) is 0 Å². The molecule has 0 saturated heterocycles. The lowest BCUT2D eigenvalue weighted by molar-refractivity contribution is 0.203. The number of nitrogens with one attached hydrogen (secondary N) is 2. The monoisotopic (exact) mass is 255 g/mol. The highest BCUT2D eigenvalue weighted by Crippen LogP contribution is 2.41. The topological polar surface area (TPSA) is 45.7 Å². The molecule has 0 heterocycles. The van der Waals surface area contributed by atoms with E-state index in [0.717, 1.165) is 25.6 Å². The van der Waals surface area contributed by atoms with Crippen molar-refractivity contribution < 1.29 is 4.74 Å². The summed E-state index contributed by atoms with van der Waals surface area (Å²) in [6, 6.07) is 0. The Morgan fingerprint density at radius 1 is 1.22 bits per heavy atom. The predicted molar refractivity (Wildman–Crippen MR) is 77.0 cm³/mol. The van der Waals surface area contributed by atoms with Gasteiger partial charge in [-0.15, -0.1) is 0 Å². The Hall–Kier alpha value is -0.770. The molecule has 0 radical (unpaired) electrons. The molecule has 1 saturated carbocycles. The lowest BCUT2D eigenvalue weighted by Gasteiger charge is -2.25. The normalized spacial score (nSPS) is 18.9. The van der Waals surface area contributed by atoms with E-state index in [1.54, 1.807) is 7.11 Å². The molecule has 4 heteroatoms. The van der Waals surface area contributed by atoms with E-state index in [1.807, 2.05) is 0 Å². The van der Waals surface area contributed by atoms with Gasteiger partial charge in [-0.25, -0.2) is 0 Å². The number of nitrogens with zero attached hydrogens (tertiary/aromatic N) is 1. The Morgan fingerprint density at radius 2 is 1.94 bits per heavy atom. The molecular formula is C14H29N3O. The van der Waals surface area contributed by atoms with Gasteiger partial charge in [-0.05, 0) is 31.6 Å². The first-order valence-corrected chi connectivity index (χ1v) is 7.27. The average Bonchev–Trinajstić information content (AvgIpc) is 2.86. The Labute approximate surface area is 112 Å². The molecule has 0 spiro atoms. The minimum absolute atomic E-state index is 0.462. The highest BCUT2D eigenvalue weighted by Gasteiger charge is 2.31. The molecule has 4 nitrogen and oxygen atoms in total.